The van der Waals surface area contributed by atoms with E-state index in [9.17, 15) is 47.9 Å². The van der Waals surface area contributed by atoms with E-state index in [4.69, 9.17) is 33.5 Å². The molecule has 3 amide bonds. The minimum Gasteiger partial charge on any atom is -0.481 e. The van der Waals surface area contributed by atoms with Gasteiger partial charge in [0.2, 0.25) is 0 Å². The van der Waals surface area contributed by atoms with Crippen molar-refractivity contribution in [2.75, 3.05) is 42.7 Å². The van der Waals surface area contributed by atoms with Gasteiger partial charge < -0.3 is 71.1 Å². The second-order valence-corrected chi connectivity index (χ2v) is 22.4. The molecule has 2 fully saturated rings. The van der Waals surface area contributed by atoms with Crippen molar-refractivity contribution >= 4 is 60.1 Å². The molecule has 5 aliphatic carbocycles. The Labute approximate surface area is 521 Å². The monoisotopic (exact) mass is 1310 g/mol. The van der Waals surface area contributed by atoms with Crippen LogP contribution in [0, 0.1) is 48.9 Å². The maximum absolute atomic E-state index is 11.8. The second-order valence-electron chi connectivity index (χ2n) is 22.4. The average Bonchev–Trinajstić information content (AvgIpc) is 3.69. The number of carboxylic acids is 1. The first kappa shape index (κ1) is 79.2. The molecule has 0 aliphatic heterocycles. The SMILES string of the molecule is COC(=O)[C@@H]1CCCC[C@H]1NC(=O)OC(C)(C)C.COC(=O)[C@H]1CC=CC[C@H]1C(=O)O.COC(=O)[C@H]1CC=CC[C@H]1C(=O)OC.COC(=O)[C@H]1CC=CC[C@H]1NC(=O)OCc1ccccc1.COC(=O)[C@H]1CCCC[C@H]1NC(=O)OC(C)(C)C.[CH3-].[Pd]. The van der Waals surface area contributed by atoms with Gasteiger partial charge in [-0.1, -0.05) is 92.5 Å². The van der Waals surface area contributed by atoms with Crippen LogP contribution in [-0.2, 0) is 103 Å². The Kier molecular flexibility index (Phi) is 38.1. The zero-order chi connectivity index (χ0) is 63.0. The number of amides is 3. The van der Waals surface area contributed by atoms with Crippen molar-refractivity contribution < 1.29 is 116 Å². The van der Waals surface area contributed by atoms with E-state index in [-0.39, 0.29) is 100 Å². The van der Waals surface area contributed by atoms with E-state index in [1.54, 1.807) is 6.08 Å². The molecule has 24 heteroatoms. The fraction of sp³-hybridized carbons (Fsp3) is 0.629. The van der Waals surface area contributed by atoms with Crippen LogP contribution in [0.15, 0.2) is 66.8 Å². The maximum atomic E-state index is 11.8. The Bertz CT molecular complexity index is 2300. The number of aliphatic carboxylic acids is 1. The number of carboxylic acid groups (broad SMARTS) is 1. The van der Waals surface area contributed by atoms with Gasteiger partial charge in [-0.2, -0.15) is 0 Å². The Morgan fingerprint density at radius 2 is 0.721 bits per heavy atom. The largest absolute Gasteiger partial charge is 0.481 e. The van der Waals surface area contributed by atoms with Gasteiger partial charge in [0.1, 0.15) is 17.8 Å². The molecular weight excluding hydrogens is 1210 g/mol. The van der Waals surface area contributed by atoms with Crippen molar-refractivity contribution in [2.45, 2.75) is 167 Å². The molecule has 0 spiro atoms. The van der Waals surface area contributed by atoms with Gasteiger partial charge in [-0.15, -0.1) is 0 Å². The van der Waals surface area contributed by atoms with E-state index in [2.05, 4.69) is 30.2 Å². The normalized spacial score (nSPS) is 23.4. The first-order chi connectivity index (χ1) is 39.7. The predicted molar refractivity (Wildman–Crippen MR) is 312 cm³/mol. The summed E-state index contributed by atoms with van der Waals surface area (Å²) in [6, 6.07) is 8.79. The third kappa shape index (κ3) is 29.5. The molecule has 1 aromatic rings. The van der Waals surface area contributed by atoms with Crippen LogP contribution in [0.25, 0.3) is 0 Å². The molecule has 0 unspecified atom stereocenters. The Balaban J connectivity index is 0.00000105. The second kappa shape index (κ2) is 41.3. The summed E-state index contributed by atoms with van der Waals surface area (Å²) < 4.78 is 43.7. The fourth-order valence-electron chi connectivity index (χ4n) is 9.83. The number of hydrogen-bond donors (Lipinski definition) is 4. The molecule has 5 aliphatic rings. The number of nitrogens with one attached hydrogen (secondary N) is 3. The quantitative estimate of drug-likeness (QED) is 0.0498. The van der Waals surface area contributed by atoms with Crippen LogP contribution in [0.1, 0.15) is 137 Å². The van der Waals surface area contributed by atoms with E-state index >= 15 is 0 Å². The van der Waals surface area contributed by atoms with Crippen LogP contribution in [0.2, 0.25) is 0 Å². The maximum Gasteiger partial charge on any atom is 0.407 e. The molecule has 6 rings (SSSR count). The Morgan fingerprint density at radius 1 is 0.419 bits per heavy atom. The van der Waals surface area contributed by atoms with Gasteiger partial charge in [0.05, 0.1) is 84.1 Å². The van der Waals surface area contributed by atoms with Crippen LogP contribution in [0.5, 0.6) is 0 Å². The van der Waals surface area contributed by atoms with Gasteiger partial charge in [-0.05, 0) is 111 Å². The van der Waals surface area contributed by atoms with E-state index in [1.165, 1.54) is 42.7 Å². The summed E-state index contributed by atoms with van der Waals surface area (Å²) in [7, 11) is 8.04. The number of carbonyl (C=O) groups is 10. The Morgan fingerprint density at radius 3 is 1.08 bits per heavy atom. The van der Waals surface area contributed by atoms with Crippen molar-refractivity contribution in [3.63, 3.8) is 0 Å². The third-order valence-corrected chi connectivity index (χ3v) is 14.1. The van der Waals surface area contributed by atoms with Gasteiger partial charge in [-0.25, -0.2) is 14.4 Å². The molecule has 0 aromatic heterocycles. The van der Waals surface area contributed by atoms with Crippen LogP contribution < -0.4 is 16.0 Å². The molecule has 0 saturated heterocycles. The topological polar surface area (TPSA) is 310 Å². The summed E-state index contributed by atoms with van der Waals surface area (Å²) in [5.41, 5.74) is -0.139. The number of ether oxygens (including phenoxy) is 9. The van der Waals surface area contributed by atoms with Crippen molar-refractivity contribution in [3.05, 3.63) is 79.8 Å². The molecule has 2 saturated carbocycles. The number of alkyl carbamates (subject to hydrolysis) is 3. The summed E-state index contributed by atoms with van der Waals surface area (Å²) in [5, 5.41) is 17.1. The van der Waals surface area contributed by atoms with E-state index in [0.717, 1.165) is 56.9 Å². The summed E-state index contributed by atoms with van der Waals surface area (Å²) in [6.45, 7) is 11.1. The van der Waals surface area contributed by atoms with Crippen molar-refractivity contribution in [1.29, 1.82) is 0 Å². The molecule has 4 N–H and O–H groups in total. The van der Waals surface area contributed by atoms with Gasteiger partial charge >= 0.3 is 60.1 Å². The average molecular weight is 1310 g/mol. The summed E-state index contributed by atoms with van der Waals surface area (Å²) in [6.07, 6.45) is 20.0. The van der Waals surface area contributed by atoms with Crippen LogP contribution in [0.4, 0.5) is 14.4 Å². The number of rotatable bonds is 12. The zero-order valence-electron chi connectivity index (χ0n) is 52.3. The molecule has 86 heavy (non-hydrogen) atoms. The van der Waals surface area contributed by atoms with Crippen LogP contribution in [0.3, 0.4) is 0 Å². The van der Waals surface area contributed by atoms with Gasteiger partial charge in [-0.3, -0.25) is 33.6 Å². The minimum absolute atomic E-state index is 0. The van der Waals surface area contributed by atoms with Gasteiger partial charge in [0.25, 0.3) is 0 Å². The van der Waals surface area contributed by atoms with E-state index < -0.39 is 65.1 Å². The van der Waals surface area contributed by atoms with Gasteiger partial charge in [0.15, 0.2) is 0 Å². The number of methoxy groups -OCH3 is 6. The molecule has 0 radical (unpaired) electrons. The number of carbonyl (C=O) groups excluding carboxylic acids is 9. The van der Waals surface area contributed by atoms with Crippen molar-refractivity contribution in [2.24, 2.45) is 41.4 Å². The van der Waals surface area contributed by atoms with E-state index in [1.807, 2.05) is 102 Å². The molecule has 10 atom stereocenters. The number of allylic oxidation sites excluding steroid dienone is 5. The van der Waals surface area contributed by atoms with Crippen LogP contribution in [-0.4, -0.2) is 137 Å². The first-order valence-corrected chi connectivity index (χ1v) is 28.3. The molecule has 0 bridgehead atoms. The first-order valence-electron chi connectivity index (χ1n) is 28.3. The van der Waals surface area contributed by atoms with Crippen LogP contribution >= 0.6 is 0 Å². The Hall–Kier alpha value is -6.80. The molecule has 0 heterocycles. The molecular formula is C62H94N3O20Pd-. The third-order valence-electron chi connectivity index (χ3n) is 14.1. The fourth-order valence-corrected chi connectivity index (χ4v) is 9.83. The van der Waals surface area contributed by atoms with Crippen molar-refractivity contribution in [3.8, 4) is 0 Å². The standard InChI is InChI=1S/C16H19NO4.2C13H23NO4.C10H14O4.C9H12O4.CH3.Pd/c1-20-15(18)13-9-5-6-10-14(13)17-16(19)21-11-12-7-3-2-4-8-12;2*1-13(2,3)18-12(16)14-10-8-6-5-7-9(10)11(15)17-4;1-13-9(11)7-5-3-4-6-8(7)10(12)14-2;1-13-9(12)7-5-3-2-4-6(7)8(10)11;;/h2-8,13-14H,9-11H2,1H3,(H,17,19);2*9-10H,5-8H2,1-4H3,(H,14,16);3-4,7-8H,5-6H2,1-2H3;2-3,6-7H,4-5H2,1H3,(H,10,11);1H3;/q;;;;;-1;/t13-,14+;9-,10+;9-,10-;7-,8+;6-,7+;;/m001.1../s1. The predicted octanol–water partition coefficient (Wildman–Crippen LogP) is 9.10. The number of esters is 6. The molecule has 488 valence electrons. The number of benzene rings is 1. The molecule has 23 nitrogen and oxygen atoms in total. The summed E-state index contributed by atoms with van der Waals surface area (Å²) in [4.78, 5) is 115. The number of hydrogen-bond acceptors (Lipinski definition) is 19. The minimum atomic E-state index is -0.931. The smallest absolute Gasteiger partial charge is 0.407 e. The summed E-state index contributed by atoms with van der Waals surface area (Å²) >= 11 is 0. The van der Waals surface area contributed by atoms with Crippen molar-refractivity contribution in [1.82, 2.24) is 16.0 Å². The van der Waals surface area contributed by atoms with E-state index in [0.29, 0.717) is 38.5 Å². The summed E-state index contributed by atoms with van der Waals surface area (Å²) in [5.74, 6) is -5.66. The molecule has 1 aromatic carbocycles. The zero-order valence-corrected chi connectivity index (χ0v) is 53.8. The van der Waals surface area contributed by atoms with Gasteiger partial charge in [0, 0.05) is 38.5 Å².